The number of hydrogen-bond donors (Lipinski definition) is 2. The summed E-state index contributed by atoms with van der Waals surface area (Å²) in [4.78, 5) is 48.4. The number of carbonyl (C=O) groups excluding carboxylic acids is 2. The number of anilines is 1. The van der Waals surface area contributed by atoms with Crippen molar-refractivity contribution in [2.75, 3.05) is 31.1 Å². The van der Waals surface area contributed by atoms with E-state index in [1.807, 2.05) is 17.0 Å². The van der Waals surface area contributed by atoms with Gasteiger partial charge in [0, 0.05) is 31.0 Å². The smallest absolute Gasteiger partial charge is 0.410 e. The van der Waals surface area contributed by atoms with Crippen LogP contribution in [0.1, 0.15) is 19.3 Å². The Morgan fingerprint density at radius 3 is 2.76 bits per heavy atom. The number of carbonyl (C=O) groups is 3. The van der Waals surface area contributed by atoms with Gasteiger partial charge >= 0.3 is 12.1 Å². The van der Waals surface area contributed by atoms with E-state index in [0.29, 0.717) is 23.9 Å². The van der Waals surface area contributed by atoms with E-state index in [2.05, 4.69) is 15.4 Å². The second-order valence-corrected chi connectivity index (χ2v) is 9.29. The molecule has 0 spiro atoms. The Kier molecular flexibility index (Phi) is 5.74. The van der Waals surface area contributed by atoms with Crippen molar-refractivity contribution in [1.82, 2.24) is 29.8 Å². The zero-order valence-electron chi connectivity index (χ0n) is 19.8. The molecule has 2 aliphatic heterocycles. The first-order valence-corrected chi connectivity index (χ1v) is 12.1. The Hall–Kier alpha value is -4.42. The molecule has 3 aromatic heterocycles. The molecule has 1 aliphatic carbocycles. The van der Waals surface area contributed by atoms with E-state index in [0.717, 1.165) is 24.0 Å². The largest absolute Gasteiger partial charge is 0.480 e. The summed E-state index contributed by atoms with van der Waals surface area (Å²) in [6.07, 6.45) is 6.09. The highest BCUT2D eigenvalue weighted by atomic mass is 16.6. The molecular weight excluding hydrogens is 482 g/mol. The van der Waals surface area contributed by atoms with Crippen molar-refractivity contribution in [3.05, 3.63) is 36.8 Å². The van der Waals surface area contributed by atoms with E-state index in [9.17, 15) is 19.5 Å². The van der Waals surface area contributed by atoms with Crippen molar-refractivity contribution in [3.8, 4) is 17.0 Å². The molecule has 0 bridgehead atoms. The number of carboxylic acid groups (broad SMARTS) is 1. The van der Waals surface area contributed by atoms with Gasteiger partial charge in [0.2, 0.25) is 11.8 Å². The van der Waals surface area contributed by atoms with Crippen LogP contribution in [-0.4, -0.2) is 92.0 Å². The molecule has 0 aromatic carbocycles. The third kappa shape index (κ3) is 4.59. The Bertz CT molecular complexity index is 1370. The van der Waals surface area contributed by atoms with Crippen molar-refractivity contribution in [1.29, 1.82) is 0 Å². The molecule has 13 nitrogen and oxygen atoms in total. The number of aromatic nitrogens is 4. The number of piperazine rings is 1. The SMILES string of the molecule is O=C1C[C@H](OC(=O)N2CCN(c3ccn4ncc(-c5cccnc5OC5CC5)c4n3)C[C@H]2C(=O)O)CN1. The molecule has 0 unspecified atom stereocenters. The van der Waals surface area contributed by atoms with Crippen molar-refractivity contribution < 1.29 is 29.0 Å². The molecule has 6 rings (SSSR count). The number of hydrogen-bond acceptors (Lipinski definition) is 9. The highest BCUT2D eigenvalue weighted by Gasteiger charge is 2.38. The molecule has 13 heteroatoms. The Balaban J connectivity index is 1.23. The van der Waals surface area contributed by atoms with E-state index in [1.165, 1.54) is 4.90 Å². The summed E-state index contributed by atoms with van der Waals surface area (Å²) >= 11 is 0. The zero-order chi connectivity index (χ0) is 25.5. The quantitative estimate of drug-likeness (QED) is 0.493. The number of pyridine rings is 1. The second kappa shape index (κ2) is 9.22. The van der Waals surface area contributed by atoms with E-state index in [4.69, 9.17) is 14.5 Å². The van der Waals surface area contributed by atoms with E-state index in [1.54, 1.807) is 29.2 Å². The minimum Gasteiger partial charge on any atom is -0.480 e. The van der Waals surface area contributed by atoms with Crippen LogP contribution in [0.25, 0.3) is 16.8 Å². The zero-order valence-corrected chi connectivity index (χ0v) is 19.8. The number of carboxylic acids is 1. The summed E-state index contributed by atoms with van der Waals surface area (Å²) in [5.74, 6) is -0.252. The van der Waals surface area contributed by atoms with Gasteiger partial charge in [0.05, 0.1) is 31.3 Å². The summed E-state index contributed by atoms with van der Waals surface area (Å²) < 4.78 is 13.0. The molecule has 0 radical (unpaired) electrons. The normalized spacial score (nSPS) is 21.7. The van der Waals surface area contributed by atoms with Gasteiger partial charge in [0.1, 0.15) is 24.1 Å². The molecule has 1 saturated carbocycles. The summed E-state index contributed by atoms with van der Waals surface area (Å²) in [5.41, 5.74) is 2.12. The summed E-state index contributed by atoms with van der Waals surface area (Å²) in [7, 11) is 0. The number of rotatable bonds is 6. The molecular formula is C24H25N7O6. The molecule has 2 N–H and O–H groups in total. The topological polar surface area (TPSA) is 151 Å². The Morgan fingerprint density at radius 2 is 2.00 bits per heavy atom. The molecule has 3 aromatic rings. The summed E-state index contributed by atoms with van der Waals surface area (Å²) in [5, 5.41) is 16.9. The number of nitrogens with zero attached hydrogens (tertiary/aromatic N) is 6. The summed E-state index contributed by atoms with van der Waals surface area (Å²) in [6.45, 7) is 0.743. The molecule has 192 valence electrons. The number of aliphatic carboxylic acids is 1. The van der Waals surface area contributed by atoms with Gasteiger partial charge < -0.3 is 24.8 Å². The maximum atomic E-state index is 12.7. The number of ether oxygens (including phenoxy) is 2. The lowest BCUT2D eigenvalue weighted by Crippen LogP contribution is -2.59. The first kappa shape index (κ1) is 23.0. The van der Waals surface area contributed by atoms with Crippen LogP contribution < -0.4 is 15.0 Å². The minimum absolute atomic E-state index is 0.0296. The van der Waals surface area contributed by atoms with Crippen LogP contribution in [0.15, 0.2) is 36.8 Å². The molecule has 37 heavy (non-hydrogen) atoms. The van der Waals surface area contributed by atoms with Crippen molar-refractivity contribution in [3.63, 3.8) is 0 Å². The van der Waals surface area contributed by atoms with Gasteiger partial charge in [-0.25, -0.2) is 24.1 Å². The van der Waals surface area contributed by atoms with Crippen LogP contribution >= 0.6 is 0 Å². The molecule has 3 fully saturated rings. The number of nitrogens with one attached hydrogen (secondary N) is 1. The highest BCUT2D eigenvalue weighted by molar-refractivity contribution is 5.83. The van der Waals surface area contributed by atoms with E-state index >= 15 is 0 Å². The Labute approximate surface area is 211 Å². The summed E-state index contributed by atoms with van der Waals surface area (Å²) in [6, 6.07) is 4.37. The van der Waals surface area contributed by atoms with Gasteiger partial charge in [-0.2, -0.15) is 5.10 Å². The highest BCUT2D eigenvalue weighted by Crippen LogP contribution is 2.35. The molecule has 5 heterocycles. The number of amides is 2. The van der Waals surface area contributed by atoms with Gasteiger partial charge in [-0.3, -0.25) is 9.69 Å². The van der Waals surface area contributed by atoms with Gasteiger partial charge in [0.15, 0.2) is 5.65 Å². The standard InChI is InChI=1S/C24H25N7O6/c32-20-10-15(11-26-20)37-24(35)30-9-8-29(13-18(30)23(33)34)19-5-7-31-21(28-19)17(12-27-31)16-2-1-6-25-22(16)36-14-3-4-14/h1-2,5-7,12,14-15,18H,3-4,8-11,13H2,(H,26,32)(H,33,34)/t15-,18-/m0/s1. The Morgan fingerprint density at radius 1 is 1.14 bits per heavy atom. The van der Waals surface area contributed by atoms with Gasteiger partial charge in [0.25, 0.3) is 0 Å². The maximum absolute atomic E-state index is 12.7. The molecule has 2 saturated heterocycles. The second-order valence-electron chi connectivity index (χ2n) is 9.29. The van der Waals surface area contributed by atoms with Gasteiger partial charge in [-0.15, -0.1) is 0 Å². The monoisotopic (exact) mass is 507 g/mol. The van der Waals surface area contributed by atoms with Crippen LogP contribution in [0.5, 0.6) is 5.88 Å². The van der Waals surface area contributed by atoms with Crippen LogP contribution in [-0.2, 0) is 14.3 Å². The van der Waals surface area contributed by atoms with Gasteiger partial charge in [-0.05, 0) is 31.0 Å². The van der Waals surface area contributed by atoms with Crippen molar-refractivity contribution >= 4 is 29.4 Å². The fourth-order valence-electron chi connectivity index (χ4n) is 4.55. The first-order valence-electron chi connectivity index (χ1n) is 12.1. The van der Waals surface area contributed by atoms with Crippen molar-refractivity contribution in [2.45, 2.75) is 37.5 Å². The van der Waals surface area contributed by atoms with Gasteiger partial charge in [-0.1, -0.05) is 0 Å². The molecule has 2 atom stereocenters. The van der Waals surface area contributed by atoms with Crippen LogP contribution in [0.2, 0.25) is 0 Å². The third-order valence-electron chi connectivity index (χ3n) is 6.65. The molecule has 3 aliphatic rings. The number of fused-ring (bicyclic) bond motifs is 1. The fourth-order valence-corrected chi connectivity index (χ4v) is 4.55. The predicted octanol–water partition coefficient (Wildman–Crippen LogP) is 0.933. The maximum Gasteiger partial charge on any atom is 0.410 e. The predicted molar refractivity (Wildman–Crippen MR) is 128 cm³/mol. The third-order valence-corrected chi connectivity index (χ3v) is 6.65. The first-order chi connectivity index (χ1) is 18.0. The average Bonchev–Trinajstić information content (AvgIpc) is 3.47. The molecule has 2 amide bonds. The van der Waals surface area contributed by atoms with Crippen molar-refractivity contribution in [2.24, 2.45) is 0 Å². The van der Waals surface area contributed by atoms with E-state index < -0.39 is 24.2 Å². The van der Waals surface area contributed by atoms with Crippen LogP contribution in [0, 0.1) is 0 Å². The minimum atomic E-state index is -1.15. The lowest BCUT2D eigenvalue weighted by molar-refractivity contribution is -0.143. The average molecular weight is 508 g/mol. The lowest BCUT2D eigenvalue weighted by atomic mass is 10.1. The lowest BCUT2D eigenvalue weighted by Gasteiger charge is -2.39. The fraction of sp³-hybridized carbons (Fsp3) is 0.417. The van der Waals surface area contributed by atoms with E-state index in [-0.39, 0.29) is 38.1 Å². The van der Waals surface area contributed by atoms with Crippen LogP contribution in [0.4, 0.5) is 10.6 Å². The van der Waals surface area contributed by atoms with Crippen LogP contribution in [0.3, 0.4) is 0 Å².